The third-order valence-electron chi connectivity index (χ3n) is 2.71. The maximum absolute atomic E-state index is 4.49. The van der Waals surface area contributed by atoms with Crippen LogP contribution in [0.3, 0.4) is 0 Å². The molecule has 0 fully saturated rings. The molecule has 2 rings (SSSR count). The van der Waals surface area contributed by atoms with Crippen molar-refractivity contribution < 1.29 is 0 Å². The summed E-state index contributed by atoms with van der Waals surface area (Å²) in [5.41, 5.74) is 2.17. The van der Waals surface area contributed by atoms with Crippen molar-refractivity contribution >= 4 is 11.3 Å². The lowest BCUT2D eigenvalue weighted by Gasteiger charge is -2.18. The van der Waals surface area contributed by atoms with Gasteiger partial charge in [0.2, 0.25) is 0 Å². The van der Waals surface area contributed by atoms with E-state index in [1.54, 1.807) is 11.3 Å². The van der Waals surface area contributed by atoms with Gasteiger partial charge in [-0.15, -0.1) is 11.3 Å². The first-order valence-corrected chi connectivity index (χ1v) is 6.64. The highest BCUT2D eigenvalue weighted by Crippen LogP contribution is 2.19. The predicted octanol–water partition coefficient (Wildman–Crippen LogP) is 3.26. The molecule has 4 heteroatoms. The Morgan fingerprint density at radius 3 is 2.53 bits per heavy atom. The molecular weight excluding hydrogens is 230 g/mol. The molecule has 0 spiro atoms. The van der Waals surface area contributed by atoms with Crippen LogP contribution in [0.4, 0.5) is 0 Å². The Balaban J connectivity index is 2.02. The third-order valence-corrected chi connectivity index (χ3v) is 3.50. The van der Waals surface area contributed by atoms with Gasteiger partial charge in [-0.25, -0.2) is 4.98 Å². The van der Waals surface area contributed by atoms with Gasteiger partial charge in [0.1, 0.15) is 0 Å². The number of nitrogens with one attached hydrogen (secondary N) is 1. The number of nitrogens with zero attached hydrogens (tertiary/aromatic N) is 2. The summed E-state index contributed by atoms with van der Waals surface area (Å²) in [6.07, 6.45) is 1.82. The molecular formula is C13H17N3S. The molecule has 90 valence electrons. The molecule has 0 radical (unpaired) electrons. The molecule has 3 nitrogen and oxygen atoms in total. The van der Waals surface area contributed by atoms with Crippen molar-refractivity contribution in [1.82, 2.24) is 15.3 Å². The molecule has 0 saturated carbocycles. The van der Waals surface area contributed by atoms with Crippen LogP contribution >= 0.6 is 11.3 Å². The van der Waals surface area contributed by atoms with Gasteiger partial charge >= 0.3 is 0 Å². The average Bonchev–Trinajstić information content (AvgIpc) is 2.77. The van der Waals surface area contributed by atoms with Gasteiger partial charge in [-0.05, 0) is 32.9 Å². The molecule has 0 aliphatic heterocycles. The van der Waals surface area contributed by atoms with Gasteiger partial charge in [0.05, 0.1) is 16.4 Å². The lowest BCUT2D eigenvalue weighted by molar-refractivity contribution is 0.479. The first-order chi connectivity index (χ1) is 8.16. The maximum atomic E-state index is 4.49. The minimum atomic E-state index is 0.230. The molecule has 1 unspecified atom stereocenters. The molecule has 2 heterocycles. The highest BCUT2D eigenvalue weighted by Gasteiger charge is 2.13. The molecule has 0 aromatic carbocycles. The lowest BCUT2D eigenvalue weighted by atomic mass is 10.1. The van der Waals surface area contributed by atoms with E-state index in [2.05, 4.69) is 34.5 Å². The SMILES string of the molecule is Cc1nc(C(C)N[C@@H](C)c2ccccn2)cs1. The summed E-state index contributed by atoms with van der Waals surface area (Å²) in [6, 6.07) is 6.46. The quantitative estimate of drug-likeness (QED) is 0.901. The molecule has 17 heavy (non-hydrogen) atoms. The second-order valence-electron chi connectivity index (χ2n) is 4.16. The number of hydrogen-bond acceptors (Lipinski definition) is 4. The highest BCUT2D eigenvalue weighted by atomic mass is 32.1. The summed E-state index contributed by atoms with van der Waals surface area (Å²) in [5.74, 6) is 0. The number of thiazole rings is 1. The first kappa shape index (κ1) is 12.2. The monoisotopic (exact) mass is 247 g/mol. The van der Waals surface area contributed by atoms with E-state index in [4.69, 9.17) is 0 Å². The van der Waals surface area contributed by atoms with E-state index in [9.17, 15) is 0 Å². The van der Waals surface area contributed by atoms with Crippen LogP contribution < -0.4 is 5.32 Å². The van der Waals surface area contributed by atoms with E-state index in [0.29, 0.717) is 0 Å². The molecule has 0 amide bonds. The topological polar surface area (TPSA) is 37.8 Å². The minimum absolute atomic E-state index is 0.230. The number of aryl methyl sites for hydroxylation is 1. The standard InChI is InChI=1S/C13H17N3S/c1-9(12-6-4-5-7-14-12)15-10(2)13-8-17-11(3)16-13/h4-10,15H,1-3H3/t9-,10?/m0/s1. The van der Waals surface area contributed by atoms with E-state index in [1.165, 1.54) is 0 Å². The van der Waals surface area contributed by atoms with Crippen molar-refractivity contribution in [2.75, 3.05) is 0 Å². The Labute approximate surface area is 106 Å². The van der Waals surface area contributed by atoms with E-state index in [-0.39, 0.29) is 12.1 Å². The minimum Gasteiger partial charge on any atom is -0.301 e. The Kier molecular flexibility index (Phi) is 3.86. The lowest BCUT2D eigenvalue weighted by Crippen LogP contribution is -2.23. The fourth-order valence-corrected chi connectivity index (χ4v) is 2.46. The first-order valence-electron chi connectivity index (χ1n) is 5.76. The van der Waals surface area contributed by atoms with Gasteiger partial charge in [-0.3, -0.25) is 4.98 Å². The summed E-state index contributed by atoms with van der Waals surface area (Å²) in [6.45, 7) is 6.29. The zero-order valence-electron chi connectivity index (χ0n) is 10.3. The second kappa shape index (κ2) is 5.38. The van der Waals surface area contributed by atoms with E-state index in [1.807, 2.05) is 31.3 Å². The van der Waals surface area contributed by atoms with Crippen LogP contribution in [0.25, 0.3) is 0 Å². The van der Waals surface area contributed by atoms with E-state index >= 15 is 0 Å². The van der Waals surface area contributed by atoms with Gasteiger partial charge in [-0.2, -0.15) is 0 Å². The Hall–Kier alpha value is -1.26. The molecule has 0 bridgehead atoms. The molecule has 0 aliphatic rings. The number of hydrogen-bond donors (Lipinski definition) is 1. The maximum Gasteiger partial charge on any atom is 0.0898 e. The van der Waals surface area contributed by atoms with E-state index in [0.717, 1.165) is 16.4 Å². The zero-order chi connectivity index (χ0) is 12.3. The Morgan fingerprint density at radius 1 is 1.18 bits per heavy atom. The summed E-state index contributed by atoms with van der Waals surface area (Å²) < 4.78 is 0. The fourth-order valence-electron chi connectivity index (χ4n) is 1.76. The fraction of sp³-hybridized carbons (Fsp3) is 0.385. The van der Waals surface area contributed by atoms with Crippen molar-refractivity contribution in [3.05, 3.63) is 46.2 Å². The van der Waals surface area contributed by atoms with Crippen LogP contribution in [-0.4, -0.2) is 9.97 Å². The van der Waals surface area contributed by atoms with Crippen LogP contribution in [0.5, 0.6) is 0 Å². The van der Waals surface area contributed by atoms with E-state index < -0.39 is 0 Å². The number of rotatable bonds is 4. The summed E-state index contributed by atoms with van der Waals surface area (Å²) in [7, 11) is 0. The molecule has 2 aromatic heterocycles. The van der Waals surface area contributed by atoms with Crippen molar-refractivity contribution in [2.45, 2.75) is 32.9 Å². The van der Waals surface area contributed by atoms with Crippen LogP contribution in [0.1, 0.15) is 42.3 Å². The molecule has 2 aromatic rings. The van der Waals surface area contributed by atoms with Crippen molar-refractivity contribution in [3.8, 4) is 0 Å². The molecule has 2 atom stereocenters. The highest BCUT2D eigenvalue weighted by molar-refractivity contribution is 7.09. The summed E-state index contributed by atoms with van der Waals surface area (Å²) in [4.78, 5) is 8.84. The van der Waals surface area contributed by atoms with Crippen LogP contribution in [0, 0.1) is 6.92 Å². The van der Waals surface area contributed by atoms with Gasteiger partial charge < -0.3 is 5.32 Å². The number of pyridine rings is 1. The van der Waals surface area contributed by atoms with Crippen molar-refractivity contribution in [3.63, 3.8) is 0 Å². The van der Waals surface area contributed by atoms with Crippen molar-refractivity contribution in [2.24, 2.45) is 0 Å². The van der Waals surface area contributed by atoms with Crippen LogP contribution in [0.2, 0.25) is 0 Å². The smallest absolute Gasteiger partial charge is 0.0898 e. The zero-order valence-corrected chi connectivity index (χ0v) is 11.2. The van der Waals surface area contributed by atoms with Gasteiger partial charge in [0.25, 0.3) is 0 Å². The third kappa shape index (κ3) is 3.11. The van der Waals surface area contributed by atoms with Crippen molar-refractivity contribution in [1.29, 1.82) is 0 Å². The predicted molar refractivity (Wildman–Crippen MR) is 71.1 cm³/mol. The molecule has 1 N–H and O–H groups in total. The molecule has 0 saturated heterocycles. The largest absolute Gasteiger partial charge is 0.301 e. The van der Waals surface area contributed by atoms with Crippen LogP contribution in [0.15, 0.2) is 29.8 Å². The second-order valence-corrected chi connectivity index (χ2v) is 5.22. The number of aromatic nitrogens is 2. The Morgan fingerprint density at radius 2 is 1.94 bits per heavy atom. The van der Waals surface area contributed by atoms with Gasteiger partial charge in [0, 0.05) is 23.7 Å². The Bertz CT molecular complexity index is 467. The average molecular weight is 247 g/mol. The summed E-state index contributed by atoms with van der Waals surface area (Å²) >= 11 is 1.69. The van der Waals surface area contributed by atoms with Gasteiger partial charge in [-0.1, -0.05) is 6.07 Å². The summed E-state index contributed by atoms with van der Waals surface area (Å²) in [5, 5.41) is 6.73. The van der Waals surface area contributed by atoms with Gasteiger partial charge in [0.15, 0.2) is 0 Å². The van der Waals surface area contributed by atoms with Crippen LogP contribution in [-0.2, 0) is 0 Å². The molecule has 0 aliphatic carbocycles. The normalized spacial score (nSPS) is 14.5.